The molecule has 2 nitrogen and oxygen atoms in total. The molecule has 0 aliphatic rings. The number of benzene rings is 2. The number of halogens is 2. The molecule has 2 rings (SSSR count). The van der Waals surface area contributed by atoms with Gasteiger partial charge in [-0.1, -0.05) is 47.5 Å². The normalized spacial score (nSPS) is 10.1. The molecule has 2 aromatic rings. The van der Waals surface area contributed by atoms with E-state index in [9.17, 15) is 4.79 Å². The Morgan fingerprint density at radius 3 is 2.44 bits per heavy atom. The van der Waals surface area contributed by atoms with Crippen LogP contribution in [0.4, 0.5) is 0 Å². The molecule has 0 radical (unpaired) electrons. The van der Waals surface area contributed by atoms with E-state index in [1.807, 2.05) is 18.2 Å². The van der Waals surface area contributed by atoms with Crippen LogP contribution in [0.2, 0.25) is 10.0 Å². The van der Waals surface area contributed by atoms with E-state index < -0.39 is 0 Å². The molecule has 0 saturated carbocycles. The van der Waals surface area contributed by atoms with Crippen LogP contribution in [0.3, 0.4) is 0 Å². The molecule has 0 amide bonds. The number of ether oxygens (including phenoxy) is 1. The summed E-state index contributed by atoms with van der Waals surface area (Å²) in [5, 5.41) is 1.03. The van der Waals surface area contributed by atoms with Crippen molar-refractivity contribution in [3.63, 3.8) is 0 Å². The molecule has 2 aromatic carbocycles. The fraction of sp³-hybridized carbons (Fsp3) is 0.0714. The van der Waals surface area contributed by atoms with Gasteiger partial charge in [0, 0.05) is 10.6 Å². The maximum atomic E-state index is 10.9. The first-order chi connectivity index (χ1) is 8.72. The van der Waals surface area contributed by atoms with Crippen LogP contribution < -0.4 is 4.74 Å². The Bertz CT molecular complexity index is 567. The van der Waals surface area contributed by atoms with Gasteiger partial charge >= 0.3 is 0 Å². The topological polar surface area (TPSA) is 26.3 Å². The number of carbonyl (C=O) groups is 1. The van der Waals surface area contributed by atoms with Gasteiger partial charge in [0.25, 0.3) is 0 Å². The van der Waals surface area contributed by atoms with Gasteiger partial charge in [0.1, 0.15) is 12.4 Å². The quantitative estimate of drug-likeness (QED) is 0.777. The monoisotopic (exact) mass is 280 g/mol. The fourth-order valence-corrected chi connectivity index (χ4v) is 1.96. The summed E-state index contributed by atoms with van der Waals surface area (Å²) < 4.78 is 5.58. The standard InChI is InChI=1S/C14H10Cl2O2/c15-12-6-2-1-4-11(12)9-18-14-10(8-17)5-3-7-13(14)16/h1-8H,9H2. The molecule has 92 valence electrons. The Labute approximate surface area is 115 Å². The summed E-state index contributed by atoms with van der Waals surface area (Å²) in [4.78, 5) is 10.9. The van der Waals surface area contributed by atoms with Crippen molar-refractivity contribution in [2.75, 3.05) is 0 Å². The van der Waals surface area contributed by atoms with Crippen LogP contribution in [-0.4, -0.2) is 6.29 Å². The Morgan fingerprint density at radius 2 is 1.72 bits per heavy atom. The summed E-state index contributed by atoms with van der Waals surface area (Å²) in [5.41, 5.74) is 1.27. The van der Waals surface area contributed by atoms with Gasteiger partial charge in [-0.2, -0.15) is 0 Å². The lowest BCUT2D eigenvalue weighted by Crippen LogP contribution is -1.99. The highest BCUT2D eigenvalue weighted by Crippen LogP contribution is 2.29. The van der Waals surface area contributed by atoms with Crippen LogP contribution in [0.25, 0.3) is 0 Å². The van der Waals surface area contributed by atoms with Crippen molar-refractivity contribution in [1.82, 2.24) is 0 Å². The van der Waals surface area contributed by atoms with E-state index >= 15 is 0 Å². The maximum Gasteiger partial charge on any atom is 0.153 e. The Morgan fingerprint density at radius 1 is 1.00 bits per heavy atom. The van der Waals surface area contributed by atoms with E-state index in [4.69, 9.17) is 27.9 Å². The van der Waals surface area contributed by atoms with Crippen molar-refractivity contribution in [2.24, 2.45) is 0 Å². The summed E-state index contributed by atoms with van der Waals surface area (Å²) >= 11 is 12.0. The highest BCUT2D eigenvalue weighted by Gasteiger charge is 2.08. The lowest BCUT2D eigenvalue weighted by atomic mass is 10.2. The van der Waals surface area contributed by atoms with Crippen molar-refractivity contribution in [2.45, 2.75) is 6.61 Å². The van der Waals surface area contributed by atoms with Crippen molar-refractivity contribution in [1.29, 1.82) is 0 Å². The molecule has 0 heterocycles. The summed E-state index contributed by atoms with van der Waals surface area (Å²) in [6.45, 7) is 0.268. The lowest BCUT2D eigenvalue weighted by molar-refractivity contribution is 0.111. The second kappa shape index (κ2) is 5.89. The van der Waals surface area contributed by atoms with Gasteiger partial charge in [0.2, 0.25) is 0 Å². The number of carbonyl (C=O) groups excluding carboxylic acids is 1. The highest BCUT2D eigenvalue weighted by molar-refractivity contribution is 6.32. The predicted octanol–water partition coefficient (Wildman–Crippen LogP) is 4.38. The summed E-state index contributed by atoms with van der Waals surface area (Å²) in [7, 11) is 0. The van der Waals surface area contributed by atoms with Gasteiger partial charge in [-0.05, 0) is 18.2 Å². The van der Waals surface area contributed by atoms with E-state index in [2.05, 4.69) is 0 Å². The minimum Gasteiger partial charge on any atom is -0.487 e. The van der Waals surface area contributed by atoms with Crippen molar-refractivity contribution in [3.05, 3.63) is 63.6 Å². The molecule has 0 N–H and O–H groups in total. The first-order valence-corrected chi connectivity index (χ1v) is 6.08. The zero-order chi connectivity index (χ0) is 13.0. The first kappa shape index (κ1) is 12.9. The molecule has 0 unspecified atom stereocenters. The summed E-state index contributed by atoms with van der Waals surface area (Å²) in [6, 6.07) is 12.4. The van der Waals surface area contributed by atoms with Crippen LogP contribution in [-0.2, 0) is 6.61 Å². The molecular weight excluding hydrogens is 271 g/mol. The molecule has 0 atom stereocenters. The Hall–Kier alpha value is -1.51. The number of aldehydes is 1. The van der Waals surface area contributed by atoms with Crippen molar-refractivity contribution >= 4 is 29.5 Å². The molecular formula is C14H10Cl2O2. The molecule has 0 bridgehead atoms. The molecule has 0 aromatic heterocycles. The van der Waals surface area contributed by atoms with Crippen molar-refractivity contribution in [3.8, 4) is 5.75 Å². The minimum atomic E-state index is 0.268. The maximum absolute atomic E-state index is 10.9. The van der Waals surface area contributed by atoms with Crippen LogP contribution in [0, 0.1) is 0 Å². The minimum absolute atomic E-state index is 0.268. The van der Waals surface area contributed by atoms with E-state index in [1.165, 1.54) is 0 Å². The van der Waals surface area contributed by atoms with Crippen LogP contribution >= 0.6 is 23.2 Å². The van der Waals surface area contributed by atoms with E-state index in [-0.39, 0.29) is 6.61 Å². The third kappa shape index (κ3) is 2.84. The Balaban J connectivity index is 2.21. The molecule has 0 spiro atoms. The number of para-hydroxylation sites is 1. The van der Waals surface area contributed by atoms with Gasteiger partial charge in [-0.15, -0.1) is 0 Å². The van der Waals surface area contributed by atoms with E-state index in [0.717, 1.165) is 5.56 Å². The first-order valence-electron chi connectivity index (χ1n) is 5.32. The molecule has 18 heavy (non-hydrogen) atoms. The third-order valence-corrected chi connectivity index (χ3v) is 3.12. The zero-order valence-electron chi connectivity index (χ0n) is 9.40. The highest BCUT2D eigenvalue weighted by atomic mass is 35.5. The number of rotatable bonds is 4. The van der Waals surface area contributed by atoms with Gasteiger partial charge in [0.05, 0.1) is 10.6 Å². The van der Waals surface area contributed by atoms with Crippen LogP contribution in [0.15, 0.2) is 42.5 Å². The molecule has 0 aliphatic carbocycles. The van der Waals surface area contributed by atoms with E-state index in [0.29, 0.717) is 27.6 Å². The van der Waals surface area contributed by atoms with E-state index in [1.54, 1.807) is 24.3 Å². The van der Waals surface area contributed by atoms with Gasteiger partial charge in [-0.25, -0.2) is 0 Å². The molecule has 0 fully saturated rings. The number of hydrogen-bond donors (Lipinski definition) is 0. The Kier molecular flexibility index (Phi) is 4.24. The molecule has 0 saturated heterocycles. The smallest absolute Gasteiger partial charge is 0.153 e. The average molecular weight is 281 g/mol. The van der Waals surface area contributed by atoms with Gasteiger partial charge in [-0.3, -0.25) is 4.79 Å². The SMILES string of the molecule is O=Cc1cccc(Cl)c1OCc1ccccc1Cl. The van der Waals surface area contributed by atoms with Gasteiger partial charge in [0.15, 0.2) is 6.29 Å². The van der Waals surface area contributed by atoms with Crippen molar-refractivity contribution < 1.29 is 9.53 Å². The molecule has 4 heteroatoms. The third-order valence-electron chi connectivity index (χ3n) is 2.45. The average Bonchev–Trinajstić information content (AvgIpc) is 2.39. The van der Waals surface area contributed by atoms with Gasteiger partial charge < -0.3 is 4.74 Å². The fourth-order valence-electron chi connectivity index (χ4n) is 1.54. The lowest BCUT2D eigenvalue weighted by Gasteiger charge is -2.10. The van der Waals surface area contributed by atoms with Crippen LogP contribution in [0.5, 0.6) is 5.75 Å². The largest absolute Gasteiger partial charge is 0.487 e. The molecule has 0 aliphatic heterocycles. The second-order valence-electron chi connectivity index (χ2n) is 3.66. The summed E-state index contributed by atoms with van der Waals surface area (Å²) in [5.74, 6) is 0.383. The number of hydrogen-bond acceptors (Lipinski definition) is 2. The zero-order valence-corrected chi connectivity index (χ0v) is 10.9. The van der Waals surface area contributed by atoms with Crippen LogP contribution in [0.1, 0.15) is 15.9 Å². The summed E-state index contributed by atoms with van der Waals surface area (Å²) in [6.07, 6.45) is 0.716. The predicted molar refractivity (Wildman–Crippen MR) is 72.6 cm³/mol. The second-order valence-corrected chi connectivity index (χ2v) is 4.47.